The minimum Gasteiger partial charge on any atom is -0.351 e. The molecule has 96 valence electrons. The number of aromatic nitrogens is 1. The molecule has 2 rings (SSSR count). The van der Waals surface area contributed by atoms with Gasteiger partial charge in [-0.05, 0) is 33.0 Å². The second kappa shape index (κ2) is 5.55. The van der Waals surface area contributed by atoms with Crippen LogP contribution in [0.25, 0.3) is 0 Å². The highest BCUT2D eigenvalue weighted by Gasteiger charge is 2.28. The Hall–Kier alpha value is -1.31. The van der Waals surface area contributed by atoms with Gasteiger partial charge in [0.05, 0.1) is 5.56 Å². The molecule has 0 aliphatic carbocycles. The molecular weight excluding hydrogens is 248 g/mol. The normalized spacial score (nSPS) is 19.3. The van der Waals surface area contributed by atoms with Crippen LogP contribution >= 0.6 is 11.6 Å². The van der Waals surface area contributed by atoms with Gasteiger partial charge in [0, 0.05) is 25.3 Å². The van der Waals surface area contributed by atoms with Crippen molar-refractivity contribution in [2.24, 2.45) is 0 Å². The molecule has 1 aromatic rings. The largest absolute Gasteiger partial charge is 0.351 e. The Labute approximate surface area is 113 Å². The molecule has 0 aromatic carbocycles. The third-order valence-electron chi connectivity index (χ3n) is 3.22. The van der Waals surface area contributed by atoms with Crippen LogP contribution in [0.2, 0.25) is 5.02 Å². The van der Waals surface area contributed by atoms with E-state index in [1.165, 1.54) is 0 Å². The molecule has 1 atom stereocenters. The SMILES string of the molecule is CN(C)CC1CCCN1c1nccc(C#N)c1Cl. The minimum atomic E-state index is 0.430. The van der Waals surface area contributed by atoms with Gasteiger partial charge in [-0.15, -0.1) is 0 Å². The Balaban J connectivity index is 2.28. The molecule has 1 unspecified atom stereocenters. The van der Waals surface area contributed by atoms with Gasteiger partial charge < -0.3 is 9.80 Å². The number of pyridine rings is 1. The standard InChI is InChI=1S/C13H17ClN4/c1-17(2)9-11-4-3-7-18(11)13-12(14)10(8-15)5-6-16-13/h5-6,11H,3-4,7,9H2,1-2H3. The fraction of sp³-hybridized carbons (Fsp3) is 0.538. The predicted molar refractivity (Wildman–Crippen MR) is 72.9 cm³/mol. The number of halogens is 1. The Bertz CT molecular complexity index is 467. The van der Waals surface area contributed by atoms with Crippen molar-refractivity contribution >= 4 is 17.4 Å². The molecule has 5 heteroatoms. The number of nitrogens with zero attached hydrogens (tertiary/aromatic N) is 4. The molecule has 1 aliphatic rings. The molecule has 0 amide bonds. The van der Waals surface area contributed by atoms with Crippen molar-refractivity contribution in [3.63, 3.8) is 0 Å². The lowest BCUT2D eigenvalue weighted by Crippen LogP contribution is -2.38. The zero-order valence-corrected chi connectivity index (χ0v) is 11.5. The van der Waals surface area contributed by atoms with Crippen molar-refractivity contribution in [1.82, 2.24) is 9.88 Å². The van der Waals surface area contributed by atoms with Gasteiger partial charge in [0.1, 0.15) is 16.9 Å². The van der Waals surface area contributed by atoms with E-state index in [1.807, 2.05) is 0 Å². The van der Waals surface area contributed by atoms with Crippen LogP contribution in [0.15, 0.2) is 12.3 Å². The van der Waals surface area contributed by atoms with Gasteiger partial charge in [-0.25, -0.2) is 4.98 Å². The average Bonchev–Trinajstić information content (AvgIpc) is 2.76. The maximum atomic E-state index is 9.01. The van der Waals surface area contributed by atoms with Crippen LogP contribution in [-0.2, 0) is 0 Å². The highest BCUT2D eigenvalue weighted by atomic mass is 35.5. The van der Waals surface area contributed by atoms with Gasteiger partial charge in [0.15, 0.2) is 0 Å². The van der Waals surface area contributed by atoms with E-state index in [-0.39, 0.29) is 0 Å². The molecule has 0 spiro atoms. The van der Waals surface area contributed by atoms with Crippen molar-refractivity contribution in [2.75, 3.05) is 32.1 Å². The highest BCUT2D eigenvalue weighted by molar-refractivity contribution is 6.34. The fourth-order valence-corrected chi connectivity index (χ4v) is 2.71. The summed E-state index contributed by atoms with van der Waals surface area (Å²) in [6.07, 6.45) is 3.95. The van der Waals surface area contributed by atoms with Crippen LogP contribution in [0.3, 0.4) is 0 Å². The van der Waals surface area contributed by atoms with E-state index in [1.54, 1.807) is 12.3 Å². The summed E-state index contributed by atoms with van der Waals surface area (Å²) in [5.41, 5.74) is 0.497. The quantitative estimate of drug-likeness (QED) is 0.839. The summed E-state index contributed by atoms with van der Waals surface area (Å²) in [6, 6.07) is 4.19. The molecule has 0 radical (unpaired) electrons. The van der Waals surface area contributed by atoms with Gasteiger partial charge in [0.2, 0.25) is 0 Å². The number of nitriles is 1. The molecule has 1 saturated heterocycles. The summed E-state index contributed by atoms with van der Waals surface area (Å²) >= 11 is 6.25. The van der Waals surface area contributed by atoms with Crippen LogP contribution in [-0.4, -0.2) is 43.1 Å². The number of hydrogen-bond acceptors (Lipinski definition) is 4. The molecule has 1 fully saturated rings. The Morgan fingerprint density at radius 2 is 2.39 bits per heavy atom. The summed E-state index contributed by atoms with van der Waals surface area (Å²) in [5, 5.41) is 9.49. The number of likely N-dealkylation sites (N-methyl/N-ethyl adjacent to an activating group) is 1. The molecule has 1 aromatic heterocycles. The van der Waals surface area contributed by atoms with Crippen LogP contribution in [0.1, 0.15) is 18.4 Å². The highest BCUT2D eigenvalue weighted by Crippen LogP contribution is 2.31. The number of hydrogen-bond donors (Lipinski definition) is 0. The lowest BCUT2D eigenvalue weighted by molar-refractivity contribution is 0.371. The zero-order chi connectivity index (χ0) is 13.1. The lowest BCUT2D eigenvalue weighted by Gasteiger charge is -2.28. The van der Waals surface area contributed by atoms with E-state index < -0.39 is 0 Å². The predicted octanol–water partition coefficient (Wildman–Crippen LogP) is 2.14. The van der Waals surface area contributed by atoms with E-state index in [9.17, 15) is 0 Å². The number of anilines is 1. The lowest BCUT2D eigenvalue weighted by atomic mass is 10.2. The van der Waals surface area contributed by atoms with Crippen molar-refractivity contribution in [3.05, 3.63) is 22.8 Å². The molecule has 18 heavy (non-hydrogen) atoms. The minimum absolute atomic E-state index is 0.430. The topological polar surface area (TPSA) is 43.2 Å². The van der Waals surface area contributed by atoms with Gasteiger partial charge in [-0.3, -0.25) is 0 Å². The molecule has 1 aliphatic heterocycles. The Morgan fingerprint density at radius 3 is 3.06 bits per heavy atom. The second-order valence-electron chi connectivity index (χ2n) is 4.86. The zero-order valence-electron chi connectivity index (χ0n) is 10.7. The van der Waals surface area contributed by atoms with Crippen molar-refractivity contribution in [2.45, 2.75) is 18.9 Å². The molecular formula is C13H17ClN4. The first-order valence-corrected chi connectivity index (χ1v) is 6.47. The second-order valence-corrected chi connectivity index (χ2v) is 5.24. The van der Waals surface area contributed by atoms with E-state index in [4.69, 9.17) is 16.9 Å². The van der Waals surface area contributed by atoms with Crippen LogP contribution in [0.4, 0.5) is 5.82 Å². The van der Waals surface area contributed by atoms with Crippen molar-refractivity contribution in [3.8, 4) is 6.07 Å². The van der Waals surface area contributed by atoms with Crippen LogP contribution < -0.4 is 4.90 Å². The summed E-state index contributed by atoms with van der Waals surface area (Å²) in [7, 11) is 4.13. The van der Waals surface area contributed by atoms with Crippen molar-refractivity contribution < 1.29 is 0 Å². The van der Waals surface area contributed by atoms with Crippen LogP contribution in [0.5, 0.6) is 0 Å². The Morgan fingerprint density at radius 1 is 1.61 bits per heavy atom. The fourth-order valence-electron chi connectivity index (χ4n) is 2.45. The Kier molecular flexibility index (Phi) is 4.05. The first-order valence-electron chi connectivity index (χ1n) is 6.09. The smallest absolute Gasteiger partial charge is 0.149 e. The molecule has 2 heterocycles. The van der Waals surface area contributed by atoms with Gasteiger partial charge >= 0.3 is 0 Å². The summed E-state index contributed by atoms with van der Waals surface area (Å²) < 4.78 is 0. The maximum Gasteiger partial charge on any atom is 0.149 e. The first kappa shape index (κ1) is 13.1. The van der Waals surface area contributed by atoms with Crippen LogP contribution in [0, 0.1) is 11.3 Å². The van der Waals surface area contributed by atoms with Gasteiger partial charge in [-0.2, -0.15) is 5.26 Å². The van der Waals surface area contributed by atoms with E-state index in [0.717, 1.165) is 31.7 Å². The van der Waals surface area contributed by atoms with E-state index in [2.05, 4.69) is 34.9 Å². The first-order chi connectivity index (χ1) is 8.63. The van der Waals surface area contributed by atoms with Gasteiger partial charge in [0.25, 0.3) is 0 Å². The molecule has 0 N–H and O–H groups in total. The molecule has 0 saturated carbocycles. The third-order valence-corrected chi connectivity index (χ3v) is 3.59. The molecule has 0 bridgehead atoms. The monoisotopic (exact) mass is 264 g/mol. The summed E-state index contributed by atoms with van der Waals surface area (Å²) in [4.78, 5) is 8.75. The third kappa shape index (κ3) is 2.58. The van der Waals surface area contributed by atoms with Gasteiger partial charge in [-0.1, -0.05) is 11.6 Å². The average molecular weight is 265 g/mol. The van der Waals surface area contributed by atoms with E-state index in [0.29, 0.717) is 16.6 Å². The van der Waals surface area contributed by atoms with Crippen molar-refractivity contribution in [1.29, 1.82) is 5.26 Å². The van der Waals surface area contributed by atoms with E-state index >= 15 is 0 Å². The summed E-state index contributed by atoms with van der Waals surface area (Å²) in [5.74, 6) is 0.750. The summed E-state index contributed by atoms with van der Waals surface area (Å²) in [6.45, 7) is 1.94. The maximum absolute atomic E-state index is 9.01. The molecule has 4 nitrogen and oxygen atoms in total. The number of rotatable bonds is 3.